The van der Waals surface area contributed by atoms with Crippen molar-refractivity contribution >= 4 is 8.07 Å². The second kappa shape index (κ2) is 5.85. The number of rotatable bonds is 6. The fourth-order valence-electron chi connectivity index (χ4n) is 2.67. The summed E-state index contributed by atoms with van der Waals surface area (Å²) >= 11 is 0. The first-order valence-electron chi connectivity index (χ1n) is 6.52. The normalized spacial score (nSPS) is 15.2. The van der Waals surface area contributed by atoms with Gasteiger partial charge in [-0.05, 0) is 18.5 Å². The van der Waals surface area contributed by atoms with Crippen molar-refractivity contribution < 1.29 is 4.74 Å². The van der Waals surface area contributed by atoms with E-state index in [2.05, 4.69) is 63.5 Å². The average molecular weight is 262 g/mol. The molecule has 0 heterocycles. The molecule has 0 aliphatic heterocycles. The van der Waals surface area contributed by atoms with Crippen molar-refractivity contribution in [1.29, 1.82) is 0 Å². The maximum atomic E-state index is 5.53. The van der Waals surface area contributed by atoms with Gasteiger partial charge >= 0.3 is 0 Å². The van der Waals surface area contributed by atoms with E-state index in [9.17, 15) is 0 Å². The Hall–Kier alpha value is -0.863. The largest absolute Gasteiger partial charge is 0.383 e. The zero-order valence-corrected chi connectivity index (χ0v) is 13.4. The van der Waals surface area contributed by atoms with Crippen LogP contribution in [-0.4, -0.2) is 21.8 Å². The zero-order valence-electron chi connectivity index (χ0n) is 12.4. The first-order chi connectivity index (χ1) is 8.32. The first-order valence-corrected chi connectivity index (χ1v) is 10.2. The smallest absolute Gasteiger partial charge is 0.0593 e. The van der Waals surface area contributed by atoms with Gasteiger partial charge < -0.3 is 4.74 Å². The number of hydrogen-bond acceptors (Lipinski definition) is 1. The Morgan fingerprint density at radius 3 is 2.17 bits per heavy atom. The van der Waals surface area contributed by atoms with Crippen LogP contribution in [-0.2, 0) is 10.2 Å². The van der Waals surface area contributed by atoms with Gasteiger partial charge in [-0.25, -0.2) is 0 Å². The Morgan fingerprint density at radius 2 is 1.78 bits per heavy atom. The van der Waals surface area contributed by atoms with E-state index in [4.69, 9.17) is 4.74 Å². The van der Waals surface area contributed by atoms with Gasteiger partial charge in [-0.3, -0.25) is 0 Å². The van der Waals surface area contributed by atoms with Crippen LogP contribution in [0.3, 0.4) is 0 Å². The second-order valence-corrected chi connectivity index (χ2v) is 11.9. The third-order valence-electron chi connectivity index (χ3n) is 3.37. The summed E-state index contributed by atoms with van der Waals surface area (Å²) in [6.45, 7) is 14.3. The summed E-state index contributed by atoms with van der Waals surface area (Å²) in [7, 11) is 0.566. The van der Waals surface area contributed by atoms with Crippen molar-refractivity contribution in [3.05, 3.63) is 48.0 Å². The van der Waals surface area contributed by atoms with Crippen LogP contribution >= 0.6 is 0 Å². The van der Waals surface area contributed by atoms with E-state index in [0.717, 1.165) is 6.61 Å². The maximum Gasteiger partial charge on any atom is 0.0593 e. The molecule has 0 fully saturated rings. The maximum absolute atomic E-state index is 5.53. The molecule has 1 atom stereocenters. The third-order valence-corrected chi connectivity index (χ3v) is 5.03. The lowest BCUT2D eigenvalue weighted by Crippen LogP contribution is -2.40. The van der Waals surface area contributed by atoms with Gasteiger partial charge in [0.15, 0.2) is 0 Å². The first kappa shape index (κ1) is 15.2. The minimum Gasteiger partial charge on any atom is -0.383 e. The summed E-state index contributed by atoms with van der Waals surface area (Å²) in [6.07, 6.45) is 0. The van der Waals surface area contributed by atoms with Crippen LogP contribution in [0.15, 0.2) is 42.5 Å². The molecule has 0 bridgehead atoms. The standard InChI is InChI=1S/C16H26OSi/c1-14(2)16(12-17-3,13-18(4,5)6)15-10-8-7-9-11-15/h7-11H,1,12-13H2,2-6H3. The molecule has 0 saturated carbocycles. The second-order valence-electron chi connectivity index (χ2n) is 6.40. The molecule has 0 aliphatic rings. The molecule has 0 saturated heterocycles. The van der Waals surface area contributed by atoms with Gasteiger partial charge in [0.05, 0.1) is 6.61 Å². The van der Waals surface area contributed by atoms with Gasteiger partial charge in [0, 0.05) is 20.6 Å². The molecule has 2 heteroatoms. The monoisotopic (exact) mass is 262 g/mol. The lowest BCUT2D eigenvalue weighted by atomic mass is 9.77. The topological polar surface area (TPSA) is 9.23 Å². The number of ether oxygens (including phenoxy) is 1. The van der Waals surface area contributed by atoms with E-state index in [0.29, 0.717) is 0 Å². The molecule has 1 nitrogen and oxygen atoms in total. The Labute approximate surface area is 113 Å². The molecule has 1 unspecified atom stereocenters. The lowest BCUT2D eigenvalue weighted by molar-refractivity contribution is 0.153. The Morgan fingerprint density at radius 1 is 1.22 bits per heavy atom. The predicted molar refractivity (Wildman–Crippen MR) is 83.0 cm³/mol. The van der Waals surface area contributed by atoms with Crippen LogP contribution < -0.4 is 0 Å². The highest BCUT2D eigenvalue weighted by Gasteiger charge is 2.37. The number of hydrogen-bond donors (Lipinski definition) is 0. The Kier molecular flexibility index (Phi) is 4.94. The molecule has 0 spiro atoms. The van der Waals surface area contributed by atoms with Gasteiger partial charge in [0.25, 0.3) is 0 Å². The lowest BCUT2D eigenvalue weighted by Gasteiger charge is -2.39. The molecule has 0 aromatic heterocycles. The fraction of sp³-hybridized carbons (Fsp3) is 0.500. The van der Waals surface area contributed by atoms with Crippen molar-refractivity contribution in [1.82, 2.24) is 0 Å². The molecular formula is C16H26OSi. The summed E-state index contributed by atoms with van der Waals surface area (Å²) in [5.41, 5.74) is 2.51. The molecule has 1 aromatic rings. The number of benzene rings is 1. The summed E-state index contributed by atoms with van der Waals surface area (Å²) in [5, 5.41) is 0. The van der Waals surface area contributed by atoms with Crippen LogP contribution in [0.4, 0.5) is 0 Å². The van der Waals surface area contributed by atoms with E-state index in [1.165, 1.54) is 17.2 Å². The minimum absolute atomic E-state index is 0.0273. The van der Waals surface area contributed by atoms with Crippen LogP contribution in [0.25, 0.3) is 0 Å². The van der Waals surface area contributed by atoms with E-state index >= 15 is 0 Å². The highest BCUT2D eigenvalue weighted by atomic mass is 28.3. The summed E-state index contributed by atoms with van der Waals surface area (Å²) in [6, 6.07) is 11.8. The van der Waals surface area contributed by atoms with Gasteiger partial charge in [-0.1, -0.05) is 62.1 Å². The average Bonchev–Trinajstić information content (AvgIpc) is 2.27. The van der Waals surface area contributed by atoms with E-state index in [-0.39, 0.29) is 5.41 Å². The van der Waals surface area contributed by atoms with Crippen molar-refractivity contribution in [2.75, 3.05) is 13.7 Å². The van der Waals surface area contributed by atoms with Gasteiger partial charge in [0.2, 0.25) is 0 Å². The van der Waals surface area contributed by atoms with Crippen molar-refractivity contribution in [2.24, 2.45) is 0 Å². The van der Waals surface area contributed by atoms with Crippen molar-refractivity contribution in [3.63, 3.8) is 0 Å². The highest BCUT2D eigenvalue weighted by molar-refractivity contribution is 6.76. The third kappa shape index (κ3) is 3.56. The van der Waals surface area contributed by atoms with Gasteiger partial charge in [0.1, 0.15) is 0 Å². The summed E-state index contributed by atoms with van der Waals surface area (Å²) in [5.74, 6) is 0. The SMILES string of the molecule is C=C(C)C(COC)(C[Si](C)(C)C)c1ccccc1. The number of methoxy groups -OCH3 is 1. The van der Waals surface area contributed by atoms with Crippen LogP contribution in [0, 0.1) is 0 Å². The quantitative estimate of drug-likeness (QED) is 0.542. The zero-order chi connectivity index (χ0) is 13.8. The molecule has 1 aromatic carbocycles. The summed E-state index contributed by atoms with van der Waals surface area (Å²) in [4.78, 5) is 0. The molecular weight excluding hydrogens is 236 g/mol. The molecule has 100 valence electrons. The van der Waals surface area contributed by atoms with Crippen molar-refractivity contribution in [3.8, 4) is 0 Å². The molecule has 0 radical (unpaired) electrons. The van der Waals surface area contributed by atoms with Crippen LogP contribution in [0.5, 0.6) is 0 Å². The molecule has 0 amide bonds. The van der Waals surface area contributed by atoms with Crippen LogP contribution in [0.2, 0.25) is 25.7 Å². The molecule has 0 aliphatic carbocycles. The van der Waals surface area contributed by atoms with E-state index in [1.54, 1.807) is 7.11 Å². The van der Waals surface area contributed by atoms with Crippen molar-refractivity contribution in [2.45, 2.75) is 38.0 Å². The molecule has 1 rings (SSSR count). The molecule has 18 heavy (non-hydrogen) atoms. The van der Waals surface area contributed by atoms with E-state index in [1.807, 2.05) is 0 Å². The van der Waals surface area contributed by atoms with E-state index < -0.39 is 8.07 Å². The molecule has 0 N–H and O–H groups in total. The Balaban J connectivity index is 3.26. The highest BCUT2D eigenvalue weighted by Crippen LogP contribution is 2.39. The van der Waals surface area contributed by atoms with Gasteiger partial charge in [-0.15, -0.1) is 0 Å². The minimum atomic E-state index is -1.22. The Bertz CT molecular complexity index is 391. The predicted octanol–water partition coefficient (Wildman–Crippen LogP) is 4.49. The fourth-order valence-corrected chi connectivity index (χ4v) is 5.08. The summed E-state index contributed by atoms with van der Waals surface area (Å²) < 4.78 is 5.53. The van der Waals surface area contributed by atoms with Crippen LogP contribution in [0.1, 0.15) is 12.5 Å². The van der Waals surface area contributed by atoms with Gasteiger partial charge in [-0.2, -0.15) is 0 Å².